The fraction of sp³-hybridized carbons (Fsp3) is 0.500. The molecule has 0 aliphatic carbocycles. The van der Waals surface area contributed by atoms with Crippen molar-refractivity contribution in [1.82, 2.24) is 10.2 Å². The third-order valence-electron chi connectivity index (χ3n) is 3.55. The van der Waals surface area contributed by atoms with Gasteiger partial charge in [0.25, 0.3) is 0 Å². The monoisotopic (exact) mass is 385 g/mol. The molecule has 1 aliphatic rings. The highest BCUT2D eigenvalue weighted by Crippen LogP contribution is 2.33. The zero-order valence-electron chi connectivity index (χ0n) is 12.2. The highest BCUT2D eigenvalue weighted by Gasteiger charge is 2.21. The molecule has 0 saturated carbocycles. The fourth-order valence-electron chi connectivity index (χ4n) is 2.48. The number of benzene rings is 1. The van der Waals surface area contributed by atoms with E-state index < -0.39 is 0 Å². The number of nitrogens with one attached hydrogen (secondary N) is 2. The molecular weight excluding hydrogens is 368 g/mol. The summed E-state index contributed by atoms with van der Waals surface area (Å²) in [5.41, 5.74) is 0.412. The summed E-state index contributed by atoms with van der Waals surface area (Å²) in [4.78, 5) is 14.3. The van der Waals surface area contributed by atoms with Crippen molar-refractivity contribution < 1.29 is 4.79 Å². The van der Waals surface area contributed by atoms with Crippen molar-refractivity contribution in [3.63, 3.8) is 0 Å². The van der Waals surface area contributed by atoms with Crippen LogP contribution in [0.1, 0.15) is 12.8 Å². The summed E-state index contributed by atoms with van der Waals surface area (Å²) in [5, 5.41) is 7.13. The predicted octanol–water partition coefficient (Wildman–Crippen LogP) is 3.69. The lowest BCUT2D eigenvalue weighted by Crippen LogP contribution is -2.46. The summed E-state index contributed by atoms with van der Waals surface area (Å²) in [7, 11) is 1.95. The minimum atomic E-state index is -0.127. The lowest BCUT2D eigenvalue weighted by molar-refractivity contribution is -0.117. The van der Waals surface area contributed by atoms with Gasteiger partial charge in [-0.15, -0.1) is 12.4 Å². The molecule has 2 N–H and O–H groups in total. The highest BCUT2D eigenvalue weighted by molar-refractivity contribution is 6.42. The topological polar surface area (TPSA) is 44.4 Å². The number of anilines is 1. The molecule has 1 aromatic carbocycles. The molecule has 1 unspecified atom stereocenters. The third kappa shape index (κ3) is 5.44. The van der Waals surface area contributed by atoms with Crippen molar-refractivity contribution in [2.45, 2.75) is 18.9 Å². The van der Waals surface area contributed by atoms with E-state index in [-0.39, 0.29) is 18.3 Å². The molecule has 22 heavy (non-hydrogen) atoms. The maximum Gasteiger partial charge on any atom is 0.238 e. The highest BCUT2D eigenvalue weighted by atomic mass is 35.5. The molecule has 0 bridgehead atoms. The van der Waals surface area contributed by atoms with E-state index in [2.05, 4.69) is 15.5 Å². The summed E-state index contributed by atoms with van der Waals surface area (Å²) < 4.78 is 0. The SMILES string of the molecule is CNC1CCCN(CC(=O)Nc2c(Cl)cc(Cl)cc2Cl)C1.Cl. The van der Waals surface area contributed by atoms with Gasteiger partial charge in [-0.25, -0.2) is 0 Å². The van der Waals surface area contributed by atoms with Crippen molar-refractivity contribution in [1.29, 1.82) is 0 Å². The fourth-order valence-corrected chi connectivity index (χ4v) is 3.39. The molecule has 1 saturated heterocycles. The molecular formula is C14H19Cl4N3O. The zero-order chi connectivity index (χ0) is 15.4. The Hall–Kier alpha value is -0.230. The Kier molecular flexibility index (Phi) is 8.25. The van der Waals surface area contributed by atoms with Crippen LogP contribution in [0.4, 0.5) is 5.69 Å². The molecule has 1 heterocycles. The number of carbonyl (C=O) groups is 1. The zero-order valence-corrected chi connectivity index (χ0v) is 15.2. The van der Waals surface area contributed by atoms with E-state index >= 15 is 0 Å². The first-order valence-corrected chi connectivity index (χ1v) is 7.97. The van der Waals surface area contributed by atoms with Crippen LogP contribution in [0.5, 0.6) is 0 Å². The molecule has 4 nitrogen and oxygen atoms in total. The van der Waals surface area contributed by atoms with Gasteiger partial charge in [0.05, 0.1) is 22.3 Å². The third-order valence-corrected chi connectivity index (χ3v) is 4.37. The van der Waals surface area contributed by atoms with Crippen LogP contribution >= 0.6 is 47.2 Å². The summed E-state index contributed by atoms with van der Waals surface area (Å²) in [6, 6.07) is 3.56. The van der Waals surface area contributed by atoms with Crippen LogP contribution in [-0.2, 0) is 4.79 Å². The van der Waals surface area contributed by atoms with Crippen molar-refractivity contribution in [2.75, 3.05) is 32.0 Å². The van der Waals surface area contributed by atoms with E-state index in [1.54, 1.807) is 12.1 Å². The second-order valence-electron chi connectivity index (χ2n) is 5.16. The molecule has 124 valence electrons. The van der Waals surface area contributed by atoms with Gasteiger partial charge >= 0.3 is 0 Å². The lowest BCUT2D eigenvalue weighted by Gasteiger charge is -2.31. The van der Waals surface area contributed by atoms with E-state index in [9.17, 15) is 4.79 Å². The van der Waals surface area contributed by atoms with Crippen molar-refractivity contribution in [3.8, 4) is 0 Å². The second-order valence-corrected chi connectivity index (χ2v) is 6.41. The summed E-state index contributed by atoms with van der Waals surface area (Å²) in [6.07, 6.45) is 2.23. The van der Waals surface area contributed by atoms with Gasteiger partial charge in [-0.2, -0.15) is 0 Å². The molecule has 2 rings (SSSR count). The first-order chi connectivity index (χ1) is 9.99. The Morgan fingerprint density at radius 3 is 2.55 bits per heavy atom. The Balaban J connectivity index is 0.00000242. The average Bonchev–Trinajstić information content (AvgIpc) is 2.43. The number of likely N-dealkylation sites (tertiary alicyclic amines) is 1. The Bertz CT molecular complexity index is 504. The van der Waals surface area contributed by atoms with Crippen molar-refractivity contribution in [2.24, 2.45) is 0 Å². The molecule has 1 aromatic rings. The number of halogens is 4. The molecule has 1 fully saturated rings. The van der Waals surface area contributed by atoms with Gasteiger partial charge in [-0.05, 0) is 38.6 Å². The van der Waals surface area contributed by atoms with Crippen molar-refractivity contribution >= 4 is 58.8 Å². The normalized spacial score (nSPS) is 18.6. The largest absolute Gasteiger partial charge is 0.322 e. The first-order valence-electron chi connectivity index (χ1n) is 6.83. The number of rotatable bonds is 4. The van der Waals surface area contributed by atoms with Crippen LogP contribution in [0.15, 0.2) is 12.1 Å². The van der Waals surface area contributed by atoms with Crippen LogP contribution < -0.4 is 10.6 Å². The average molecular weight is 387 g/mol. The first kappa shape index (κ1) is 19.8. The number of hydrogen-bond donors (Lipinski definition) is 2. The van der Waals surface area contributed by atoms with E-state index in [1.807, 2.05) is 7.05 Å². The van der Waals surface area contributed by atoms with Crippen LogP contribution in [0.3, 0.4) is 0 Å². The number of amides is 1. The number of likely N-dealkylation sites (N-methyl/N-ethyl adjacent to an activating group) is 1. The Morgan fingerprint density at radius 1 is 1.32 bits per heavy atom. The maximum absolute atomic E-state index is 12.1. The lowest BCUT2D eigenvalue weighted by atomic mass is 10.1. The molecule has 0 radical (unpaired) electrons. The minimum absolute atomic E-state index is 0. The minimum Gasteiger partial charge on any atom is -0.322 e. The molecule has 1 atom stereocenters. The van der Waals surface area contributed by atoms with E-state index in [0.29, 0.717) is 33.3 Å². The maximum atomic E-state index is 12.1. The van der Waals surface area contributed by atoms with Gasteiger partial charge in [0.1, 0.15) is 0 Å². The quantitative estimate of drug-likeness (QED) is 0.829. The molecule has 0 aromatic heterocycles. The van der Waals surface area contributed by atoms with Crippen LogP contribution in [0.2, 0.25) is 15.1 Å². The smallest absolute Gasteiger partial charge is 0.238 e. The van der Waals surface area contributed by atoms with E-state index in [1.165, 1.54) is 0 Å². The Morgan fingerprint density at radius 2 is 1.95 bits per heavy atom. The standard InChI is InChI=1S/C14H18Cl3N3O.ClH/c1-18-10-3-2-4-20(7-10)8-13(21)19-14-11(16)5-9(15)6-12(14)17;/h5-6,10,18H,2-4,7-8H2,1H3,(H,19,21);1H. The predicted molar refractivity (Wildman–Crippen MR) is 95.9 cm³/mol. The molecule has 1 aliphatic heterocycles. The number of piperidine rings is 1. The van der Waals surface area contributed by atoms with Gasteiger partial charge in [0.15, 0.2) is 0 Å². The van der Waals surface area contributed by atoms with E-state index in [4.69, 9.17) is 34.8 Å². The van der Waals surface area contributed by atoms with Crippen LogP contribution in [-0.4, -0.2) is 43.5 Å². The van der Waals surface area contributed by atoms with Gasteiger partial charge in [0.2, 0.25) is 5.91 Å². The van der Waals surface area contributed by atoms with Gasteiger partial charge < -0.3 is 10.6 Å². The second kappa shape index (κ2) is 9.16. The van der Waals surface area contributed by atoms with Crippen LogP contribution in [0, 0.1) is 0 Å². The van der Waals surface area contributed by atoms with Gasteiger partial charge in [-0.3, -0.25) is 9.69 Å². The number of carbonyl (C=O) groups excluding carboxylic acids is 1. The van der Waals surface area contributed by atoms with Gasteiger partial charge in [-0.1, -0.05) is 34.8 Å². The molecule has 8 heteroatoms. The molecule has 1 amide bonds. The number of nitrogens with zero attached hydrogens (tertiary/aromatic N) is 1. The Labute approximate surface area is 151 Å². The van der Waals surface area contributed by atoms with Gasteiger partial charge in [0, 0.05) is 17.6 Å². The molecule has 0 spiro atoms. The summed E-state index contributed by atoms with van der Waals surface area (Å²) in [6.45, 7) is 2.12. The summed E-state index contributed by atoms with van der Waals surface area (Å²) in [5.74, 6) is -0.127. The van der Waals surface area contributed by atoms with Crippen molar-refractivity contribution in [3.05, 3.63) is 27.2 Å². The van der Waals surface area contributed by atoms with E-state index in [0.717, 1.165) is 25.9 Å². The summed E-state index contributed by atoms with van der Waals surface area (Å²) >= 11 is 18.0. The van der Waals surface area contributed by atoms with Crippen LogP contribution in [0.25, 0.3) is 0 Å². The number of hydrogen-bond acceptors (Lipinski definition) is 3.